The van der Waals surface area contributed by atoms with Crippen LogP contribution in [0.15, 0.2) is 60.0 Å². The van der Waals surface area contributed by atoms with Crippen molar-refractivity contribution >= 4 is 16.7 Å². The molecule has 0 spiro atoms. The molecule has 21 heavy (non-hydrogen) atoms. The third-order valence-corrected chi connectivity index (χ3v) is 2.93. The average Bonchev–Trinajstić information content (AvgIpc) is 2.54. The number of pyridine rings is 2. The number of amidine groups is 1. The zero-order chi connectivity index (χ0) is 14.7. The molecule has 3 rings (SSSR count). The molecule has 2 heterocycles. The number of ether oxygens (including phenoxy) is 1. The highest BCUT2D eigenvalue weighted by atomic mass is 16.5. The maximum absolute atomic E-state index is 8.68. The first-order valence-electron chi connectivity index (χ1n) is 6.23. The molecule has 0 saturated heterocycles. The Balaban J connectivity index is 1.91. The van der Waals surface area contributed by atoms with Gasteiger partial charge in [0, 0.05) is 23.2 Å². The van der Waals surface area contributed by atoms with E-state index in [4.69, 9.17) is 15.7 Å². The van der Waals surface area contributed by atoms with Gasteiger partial charge in [-0.25, -0.2) is 4.98 Å². The smallest absolute Gasteiger partial charge is 0.219 e. The molecule has 0 bridgehead atoms. The second-order valence-electron chi connectivity index (χ2n) is 4.33. The van der Waals surface area contributed by atoms with E-state index in [1.807, 2.05) is 30.3 Å². The summed E-state index contributed by atoms with van der Waals surface area (Å²) in [4.78, 5) is 8.40. The van der Waals surface area contributed by atoms with E-state index in [1.54, 1.807) is 18.3 Å². The minimum absolute atomic E-state index is 0.00103. The second-order valence-corrected chi connectivity index (χ2v) is 4.33. The molecule has 0 amide bonds. The average molecular weight is 280 g/mol. The molecular weight excluding hydrogens is 268 g/mol. The van der Waals surface area contributed by atoms with Crippen LogP contribution in [0.2, 0.25) is 0 Å². The lowest BCUT2D eigenvalue weighted by Crippen LogP contribution is -2.13. The summed E-state index contributed by atoms with van der Waals surface area (Å²) in [5, 5.41) is 12.6. The first-order chi connectivity index (χ1) is 10.3. The van der Waals surface area contributed by atoms with Crippen LogP contribution in [0.3, 0.4) is 0 Å². The highest BCUT2D eigenvalue weighted by Gasteiger charge is 2.05. The Labute approximate surface area is 120 Å². The molecule has 0 aliphatic heterocycles. The van der Waals surface area contributed by atoms with Crippen LogP contribution in [-0.2, 0) is 0 Å². The number of nitrogens with two attached hydrogens (primary N) is 1. The normalized spacial score (nSPS) is 11.5. The van der Waals surface area contributed by atoms with E-state index in [0.29, 0.717) is 17.2 Å². The number of rotatable bonds is 3. The van der Waals surface area contributed by atoms with Crippen LogP contribution >= 0.6 is 0 Å². The van der Waals surface area contributed by atoms with Gasteiger partial charge < -0.3 is 15.7 Å². The fourth-order valence-corrected chi connectivity index (χ4v) is 1.91. The molecule has 6 heteroatoms. The van der Waals surface area contributed by atoms with Crippen LogP contribution in [-0.4, -0.2) is 21.0 Å². The number of fused-ring (bicyclic) bond motifs is 1. The van der Waals surface area contributed by atoms with Gasteiger partial charge in [0.1, 0.15) is 5.75 Å². The highest BCUT2D eigenvalue weighted by Crippen LogP contribution is 2.23. The SMILES string of the molecule is N/C(=N/O)c1ccnc(Oc2cnc3ccccc3c2)c1. The quantitative estimate of drug-likeness (QED) is 0.333. The van der Waals surface area contributed by atoms with Crippen molar-refractivity contribution < 1.29 is 9.94 Å². The third-order valence-electron chi connectivity index (χ3n) is 2.93. The van der Waals surface area contributed by atoms with Gasteiger partial charge >= 0.3 is 0 Å². The van der Waals surface area contributed by atoms with Crippen molar-refractivity contribution in [3.05, 3.63) is 60.4 Å². The Kier molecular flexibility index (Phi) is 3.34. The molecule has 2 aromatic heterocycles. The number of hydrogen-bond donors (Lipinski definition) is 2. The molecule has 3 N–H and O–H groups in total. The topological polar surface area (TPSA) is 93.6 Å². The first kappa shape index (κ1) is 12.9. The van der Waals surface area contributed by atoms with Crippen molar-refractivity contribution in [2.75, 3.05) is 0 Å². The number of oxime groups is 1. The van der Waals surface area contributed by atoms with Crippen molar-refractivity contribution in [3.63, 3.8) is 0 Å². The Morgan fingerprint density at radius 1 is 1.14 bits per heavy atom. The van der Waals surface area contributed by atoms with Gasteiger partial charge in [0.15, 0.2) is 5.84 Å². The highest BCUT2D eigenvalue weighted by molar-refractivity contribution is 5.97. The number of aromatic nitrogens is 2. The van der Waals surface area contributed by atoms with Crippen LogP contribution in [0, 0.1) is 0 Å². The van der Waals surface area contributed by atoms with Crippen LogP contribution in [0.25, 0.3) is 10.9 Å². The molecule has 1 aromatic carbocycles. The van der Waals surface area contributed by atoms with Gasteiger partial charge in [-0.1, -0.05) is 23.4 Å². The van der Waals surface area contributed by atoms with Gasteiger partial charge in [0.2, 0.25) is 5.88 Å². The molecule has 0 radical (unpaired) electrons. The monoisotopic (exact) mass is 280 g/mol. The maximum atomic E-state index is 8.68. The Bertz CT molecular complexity index is 817. The molecule has 6 nitrogen and oxygen atoms in total. The van der Waals surface area contributed by atoms with E-state index in [9.17, 15) is 0 Å². The molecule has 0 fully saturated rings. The predicted molar refractivity (Wildman–Crippen MR) is 78.6 cm³/mol. The van der Waals surface area contributed by atoms with Crippen molar-refractivity contribution in [3.8, 4) is 11.6 Å². The van der Waals surface area contributed by atoms with E-state index in [2.05, 4.69) is 15.1 Å². The van der Waals surface area contributed by atoms with E-state index >= 15 is 0 Å². The zero-order valence-electron chi connectivity index (χ0n) is 11.0. The fourth-order valence-electron chi connectivity index (χ4n) is 1.91. The second kappa shape index (κ2) is 5.46. The molecule has 0 atom stereocenters. The fraction of sp³-hybridized carbons (Fsp3) is 0. The minimum Gasteiger partial charge on any atom is -0.437 e. The summed E-state index contributed by atoms with van der Waals surface area (Å²) in [6.07, 6.45) is 3.15. The Morgan fingerprint density at radius 2 is 2.00 bits per heavy atom. The molecule has 0 saturated carbocycles. The summed E-state index contributed by atoms with van der Waals surface area (Å²) in [7, 11) is 0. The summed E-state index contributed by atoms with van der Waals surface area (Å²) in [6.45, 7) is 0. The van der Waals surface area contributed by atoms with Gasteiger partial charge in [-0.2, -0.15) is 0 Å². The summed E-state index contributed by atoms with van der Waals surface area (Å²) >= 11 is 0. The van der Waals surface area contributed by atoms with Crippen LogP contribution in [0.4, 0.5) is 0 Å². The van der Waals surface area contributed by atoms with E-state index in [0.717, 1.165) is 10.9 Å². The lowest BCUT2D eigenvalue weighted by atomic mass is 10.2. The van der Waals surface area contributed by atoms with Gasteiger partial charge in [-0.3, -0.25) is 4.98 Å². The minimum atomic E-state index is -0.00103. The van der Waals surface area contributed by atoms with E-state index < -0.39 is 0 Å². The molecule has 0 aliphatic carbocycles. The lowest BCUT2D eigenvalue weighted by molar-refractivity contribution is 0.318. The maximum Gasteiger partial charge on any atom is 0.219 e. The van der Waals surface area contributed by atoms with Gasteiger partial charge in [-0.15, -0.1) is 0 Å². The first-order valence-corrected chi connectivity index (χ1v) is 6.23. The predicted octanol–water partition coefficient (Wildman–Crippen LogP) is 2.52. The van der Waals surface area contributed by atoms with Gasteiger partial charge in [-0.05, 0) is 18.2 Å². The standard InChI is InChI=1S/C15H12N4O2/c16-15(19-20)11-5-6-17-14(8-11)21-12-7-10-3-1-2-4-13(10)18-9-12/h1-9,20H,(H2,16,19). The van der Waals surface area contributed by atoms with Crippen molar-refractivity contribution in [1.82, 2.24) is 9.97 Å². The number of para-hydroxylation sites is 1. The van der Waals surface area contributed by atoms with Crippen molar-refractivity contribution in [2.24, 2.45) is 10.9 Å². The molecular formula is C15H12N4O2. The Hall–Kier alpha value is -3.15. The van der Waals surface area contributed by atoms with E-state index in [-0.39, 0.29) is 5.84 Å². The Morgan fingerprint density at radius 3 is 2.86 bits per heavy atom. The van der Waals surface area contributed by atoms with Crippen LogP contribution < -0.4 is 10.5 Å². The summed E-state index contributed by atoms with van der Waals surface area (Å²) < 4.78 is 5.66. The molecule has 0 unspecified atom stereocenters. The summed E-state index contributed by atoms with van der Waals surface area (Å²) in [5.74, 6) is 0.910. The summed E-state index contributed by atoms with van der Waals surface area (Å²) in [5.41, 5.74) is 6.95. The number of benzene rings is 1. The number of nitrogens with zero attached hydrogens (tertiary/aromatic N) is 3. The lowest BCUT2D eigenvalue weighted by Gasteiger charge is -2.06. The van der Waals surface area contributed by atoms with Crippen molar-refractivity contribution in [1.29, 1.82) is 0 Å². The van der Waals surface area contributed by atoms with Crippen LogP contribution in [0.5, 0.6) is 11.6 Å². The van der Waals surface area contributed by atoms with E-state index in [1.165, 1.54) is 6.20 Å². The number of hydrogen-bond acceptors (Lipinski definition) is 5. The molecule has 3 aromatic rings. The van der Waals surface area contributed by atoms with Crippen LogP contribution in [0.1, 0.15) is 5.56 Å². The summed E-state index contributed by atoms with van der Waals surface area (Å²) in [6, 6.07) is 12.8. The third kappa shape index (κ3) is 2.74. The van der Waals surface area contributed by atoms with Gasteiger partial charge in [0.05, 0.1) is 11.7 Å². The van der Waals surface area contributed by atoms with Crippen molar-refractivity contribution in [2.45, 2.75) is 0 Å². The molecule has 0 aliphatic rings. The molecule has 104 valence electrons. The zero-order valence-corrected chi connectivity index (χ0v) is 11.0. The largest absolute Gasteiger partial charge is 0.437 e. The van der Waals surface area contributed by atoms with Gasteiger partial charge in [0.25, 0.3) is 0 Å².